The van der Waals surface area contributed by atoms with Crippen molar-refractivity contribution in [2.75, 3.05) is 13.1 Å². The molecule has 8 nitrogen and oxygen atoms in total. The van der Waals surface area contributed by atoms with E-state index in [0.29, 0.717) is 11.3 Å². The molecular formula is C26H29N5O3. The summed E-state index contributed by atoms with van der Waals surface area (Å²) in [7, 11) is 0. The summed E-state index contributed by atoms with van der Waals surface area (Å²) < 4.78 is 2.07. The molecular weight excluding hydrogens is 430 g/mol. The molecule has 0 unspecified atom stereocenters. The number of aromatic nitrogens is 4. The number of nitrogens with zero attached hydrogens (tertiary/aromatic N) is 4. The van der Waals surface area contributed by atoms with Crippen LogP contribution in [0.4, 0.5) is 0 Å². The van der Waals surface area contributed by atoms with Crippen LogP contribution < -0.4 is 5.56 Å². The molecule has 4 heterocycles. The standard InChI is InChI=1S/C24H25N5O.C2H4O2/c1-15-13-29-14-18(10-20(29)12-25-15)17-2-5-22-21(11-17)24(30)27-23(26-22)16-6-8-28(9-7-16)19-3-4-19;1-2(3)4/h2,5,10-14,16,19H,3-4,6-9H2,1H3,(H,26,27,30);1H3,(H,3,4). The zero-order chi connectivity index (χ0) is 23.8. The second kappa shape index (κ2) is 9.02. The minimum atomic E-state index is -0.833. The van der Waals surface area contributed by atoms with Crippen LogP contribution in [0.1, 0.15) is 50.0 Å². The van der Waals surface area contributed by atoms with Crippen molar-refractivity contribution in [1.82, 2.24) is 24.3 Å². The number of piperidine rings is 1. The van der Waals surface area contributed by atoms with E-state index < -0.39 is 5.97 Å². The average Bonchev–Trinajstić information content (AvgIpc) is 3.58. The van der Waals surface area contributed by atoms with Crippen LogP contribution >= 0.6 is 0 Å². The Morgan fingerprint density at radius 2 is 1.82 bits per heavy atom. The normalized spacial score (nSPS) is 17.0. The van der Waals surface area contributed by atoms with Gasteiger partial charge in [0.25, 0.3) is 11.5 Å². The number of likely N-dealkylation sites (tertiary alicyclic amines) is 1. The number of H-pyrrole nitrogens is 1. The lowest BCUT2D eigenvalue weighted by Gasteiger charge is -2.31. The Hall–Kier alpha value is -3.52. The maximum absolute atomic E-state index is 12.9. The van der Waals surface area contributed by atoms with Gasteiger partial charge in [-0.15, -0.1) is 0 Å². The fraction of sp³-hybridized carbons (Fsp3) is 0.385. The van der Waals surface area contributed by atoms with Gasteiger partial charge in [-0.05, 0) is 69.5 Å². The third-order valence-corrected chi connectivity index (χ3v) is 6.64. The van der Waals surface area contributed by atoms with Crippen molar-refractivity contribution >= 4 is 22.4 Å². The topological polar surface area (TPSA) is 104 Å². The second-order valence-corrected chi connectivity index (χ2v) is 9.33. The SMILES string of the molecule is CC(=O)O.Cc1cn2cc(-c3ccc4nc(C5CCN(C6CC6)CC5)[nH]c(=O)c4c3)cc2cn1. The average molecular weight is 460 g/mol. The predicted molar refractivity (Wildman–Crippen MR) is 131 cm³/mol. The summed E-state index contributed by atoms with van der Waals surface area (Å²) in [5.41, 5.74) is 4.84. The lowest BCUT2D eigenvalue weighted by atomic mass is 9.95. The van der Waals surface area contributed by atoms with Crippen LogP contribution in [0.3, 0.4) is 0 Å². The van der Waals surface area contributed by atoms with Crippen LogP contribution in [0.5, 0.6) is 0 Å². The number of hydrogen-bond acceptors (Lipinski definition) is 5. The van der Waals surface area contributed by atoms with E-state index in [4.69, 9.17) is 14.9 Å². The van der Waals surface area contributed by atoms with E-state index in [1.165, 1.54) is 12.8 Å². The Morgan fingerprint density at radius 1 is 1.09 bits per heavy atom. The van der Waals surface area contributed by atoms with Crippen LogP contribution in [0.25, 0.3) is 27.5 Å². The molecule has 34 heavy (non-hydrogen) atoms. The third kappa shape index (κ3) is 4.72. The highest BCUT2D eigenvalue weighted by Crippen LogP contribution is 2.33. The molecule has 3 aromatic heterocycles. The number of aromatic amines is 1. The van der Waals surface area contributed by atoms with Crippen molar-refractivity contribution in [3.05, 3.63) is 64.7 Å². The first kappa shape index (κ1) is 22.3. The maximum Gasteiger partial charge on any atom is 0.300 e. The predicted octanol–water partition coefficient (Wildman–Crippen LogP) is 3.98. The summed E-state index contributed by atoms with van der Waals surface area (Å²) in [5, 5.41) is 8.07. The Bertz CT molecular complexity index is 1410. The smallest absolute Gasteiger partial charge is 0.300 e. The molecule has 1 saturated carbocycles. The molecule has 0 amide bonds. The van der Waals surface area contributed by atoms with E-state index in [1.54, 1.807) is 0 Å². The highest BCUT2D eigenvalue weighted by atomic mass is 16.4. The lowest BCUT2D eigenvalue weighted by molar-refractivity contribution is -0.134. The molecule has 2 aliphatic rings. The van der Waals surface area contributed by atoms with Gasteiger partial charge in [0.05, 0.1) is 28.3 Å². The fourth-order valence-electron chi connectivity index (χ4n) is 4.78. The van der Waals surface area contributed by atoms with Gasteiger partial charge in [-0.25, -0.2) is 4.98 Å². The molecule has 1 aliphatic carbocycles. The minimum Gasteiger partial charge on any atom is -0.481 e. The van der Waals surface area contributed by atoms with Gasteiger partial charge < -0.3 is 19.4 Å². The lowest BCUT2D eigenvalue weighted by Crippen LogP contribution is -2.35. The van der Waals surface area contributed by atoms with E-state index in [9.17, 15) is 4.79 Å². The van der Waals surface area contributed by atoms with Gasteiger partial charge in [0.1, 0.15) is 5.82 Å². The first-order valence-corrected chi connectivity index (χ1v) is 11.8. The van der Waals surface area contributed by atoms with Crippen LogP contribution in [0, 0.1) is 6.92 Å². The van der Waals surface area contributed by atoms with Gasteiger partial charge in [0, 0.05) is 36.8 Å². The van der Waals surface area contributed by atoms with E-state index in [-0.39, 0.29) is 5.56 Å². The molecule has 176 valence electrons. The van der Waals surface area contributed by atoms with Crippen molar-refractivity contribution in [3.63, 3.8) is 0 Å². The van der Waals surface area contributed by atoms with Gasteiger partial charge in [-0.3, -0.25) is 14.6 Å². The van der Waals surface area contributed by atoms with E-state index in [0.717, 1.165) is 72.6 Å². The number of aryl methyl sites for hydroxylation is 1. The van der Waals surface area contributed by atoms with Gasteiger partial charge in [-0.2, -0.15) is 0 Å². The van der Waals surface area contributed by atoms with Gasteiger partial charge in [0.15, 0.2) is 0 Å². The van der Waals surface area contributed by atoms with Crippen molar-refractivity contribution in [1.29, 1.82) is 0 Å². The quantitative estimate of drug-likeness (QED) is 0.480. The second-order valence-electron chi connectivity index (χ2n) is 9.33. The Balaban J connectivity index is 0.000000560. The molecule has 6 rings (SSSR count). The number of hydrogen-bond donors (Lipinski definition) is 2. The molecule has 1 aromatic carbocycles. The number of benzene rings is 1. The van der Waals surface area contributed by atoms with Crippen molar-refractivity contribution in [2.45, 2.75) is 51.5 Å². The largest absolute Gasteiger partial charge is 0.481 e. The Labute approximate surface area is 197 Å². The summed E-state index contributed by atoms with van der Waals surface area (Å²) in [5.74, 6) is 0.371. The summed E-state index contributed by atoms with van der Waals surface area (Å²) in [6.07, 6.45) is 10.8. The number of carbonyl (C=O) groups is 1. The third-order valence-electron chi connectivity index (χ3n) is 6.64. The number of aliphatic carboxylic acids is 1. The van der Waals surface area contributed by atoms with E-state index in [1.807, 2.05) is 31.5 Å². The molecule has 8 heteroatoms. The molecule has 2 fully saturated rings. The van der Waals surface area contributed by atoms with Gasteiger partial charge in [0.2, 0.25) is 0 Å². The number of carboxylic acid groups (broad SMARTS) is 1. The summed E-state index contributed by atoms with van der Waals surface area (Å²) in [4.78, 5) is 36.8. The minimum absolute atomic E-state index is 0.0391. The van der Waals surface area contributed by atoms with Gasteiger partial charge >= 0.3 is 0 Å². The number of fused-ring (bicyclic) bond motifs is 2. The summed E-state index contributed by atoms with van der Waals surface area (Å²) in [6, 6.07) is 8.91. The van der Waals surface area contributed by atoms with Crippen molar-refractivity contribution in [2.24, 2.45) is 0 Å². The molecule has 1 saturated heterocycles. The number of carboxylic acids is 1. The van der Waals surface area contributed by atoms with E-state index >= 15 is 0 Å². The zero-order valence-corrected chi connectivity index (χ0v) is 19.5. The molecule has 4 aromatic rings. The number of rotatable bonds is 3. The Morgan fingerprint density at radius 3 is 2.53 bits per heavy atom. The van der Waals surface area contributed by atoms with E-state index in [2.05, 4.69) is 37.6 Å². The molecule has 0 spiro atoms. The molecule has 1 aliphatic heterocycles. The van der Waals surface area contributed by atoms with Crippen LogP contribution in [0.2, 0.25) is 0 Å². The van der Waals surface area contributed by atoms with Crippen molar-refractivity contribution in [3.8, 4) is 11.1 Å². The highest BCUT2D eigenvalue weighted by Gasteiger charge is 2.32. The summed E-state index contributed by atoms with van der Waals surface area (Å²) in [6.45, 7) is 5.30. The van der Waals surface area contributed by atoms with Crippen LogP contribution in [-0.4, -0.2) is 54.5 Å². The molecule has 2 N–H and O–H groups in total. The van der Waals surface area contributed by atoms with Gasteiger partial charge in [-0.1, -0.05) is 6.07 Å². The molecule has 0 atom stereocenters. The molecule has 0 radical (unpaired) electrons. The summed E-state index contributed by atoms with van der Waals surface area (Å²) >= 11 is 0. The Kier molecular flexibility index (Phi) is 5.91. The zero-order valence-electron chi connectivity index (χ0n) is 19.5. The number of nitrogens with one attached hydrogen (secondary N) is 1. The fourth-order valence-corrected chi connectivity index (χ4v) is 4.78. The van der Waals surface area contributed by atoms with Crippen LogP contribution in [-0.2, 0) is 4.79 Å². The maximum atomic E-state index is 12.9. The monoisotopic (exact) mass is 459 g/mol. The first-order valence-electron chi connectivity index (χ1n) is 11.8. The van der Waals surface area contributed by atoms with Crippen LogP contribution in [0.15, 0.2) is 47.7 Å². The molecule has 0 bridgehead atoms. The first-order chi connectivity index (χ1) is 16.4. The highest BCUT2D eigenvalue weighted by molar-refractivity contribution is 5.84. The van der Waals surface area contributed by atoms with Crippen molar-refractivity contribution < 1.29 is 9.90 Å².